The zero-order valence-electron chi connectivity index (χ0n) is 7.92. The third kappa shape index (κ3) is 1.82. The molecular formula is C8H15N3O. The van der Waals surface area contributed by atoms with Gasteiger partial charge in [0.15, 0.2) is 5.82 Å². The van der Waals surface area contributed by atoms with Gasteiger partial charge in [-0.3, -0.25) is 0 Å². The first kappa shape index (κ1) is 9.19. The van der Waals surface area contributed by atoms with Crippen LogP contribution in [0, 0.1) is 0 Å². The Morgan fingerprint density at radius 1 is 1.33 bits per heavy atom. The van der Waals surface area contributed by atoms with Gasteiger partial charge in [0.1, 0.15) is 11.4 Å². The summed E-state index contributed by atoms with van der Waals surface area (Å²) in [4.78, 5) is 2.98. The van der Waals surface area contributed by atoms with Gasteiger partial charge in [-0.25, -0.2) is 0 Å². The minimum atomic E-state index is -0.930. The average Bonchev–Trinajstić information content (AvgIpc) is 2.30. The molecule has 0 unspecified atom stereocenters. The molecule has 0 fully saturated rings. The number of aliphatic hydroxyl groups is 1. The Labute approximate surface area is 72.0 Å². The van der Waals surface area contributed by atoms with Gasteiger partial charge in [0.25, 0.3) is 0 Å². The van der Waals surface area contributed by atoms with Crippen LogP contribution < -0.4 is 0 Å². The lowest BCUT2D eigenvalue weighted by Crippen LogP contribution is -2.17. The van der Waals surface area contributed by atoms with E-state index in [4.69, 9.17) is 0 Å². The predicted octanol–water partition coefficient (Wildman–Crippen LogP) is 1.16. The van der Waals surface area contributed by atoms with Crippen molar-refractivity contribution in [3.63, 3.8) is 0 Å². The number of nitrogens with zero attached hydrogens (tertiary/aromatic N) is 2. The molecule has 0 spiro atoms. The number of hydrogen-bond donors (Lipinski definition) is 2. The Morgan fingerprint density at radius 2 is 1.92 bits per heavy atom. The summed E-state index contributed by atoms with van der Waals surface area (Å²) in [6.07, 6.45) is 0. The SMILES string of the molecule is CC(C)c1nnc(C(C)(C)O)[nH]1. The van der Waals surface area contributed by atoms with E-state index in [1.165, 1.54) is 0 Å². The van der Waals surface area contributed by atoms with Crippen LogP contribution >= 0.6 is 0 Å². The zero-order valence-corrected chi connectivity index (χ0v) is 7.92. The molecule has 0 atom stereocenters. The molecule has 0 aliphatic carbocycles. The summed E-state index contributed by atoms with van der Waals surface area (Å²) in [6, 6.07) is 0. The van der Waals surface area contributed by atoms with E-state index in [1.54, 1.807) is 13.8 Å². The second-order valence-corrected chi connectivity index (χ2v) is 3.77. The maximum Gasteiger partial charge on any atom is 0.161 e. The Bertz CT molecular complexity index is 260. The third-order valence-electron chi connectivity index (χ3n) is 1.63. The van der Waals surface area contributed by atoms with E-state index in [0.29, 0.717) is 11.7 Å². The van der Waals surface area contributed by atoms with Crippen LogP contribution in [0.2, 0.25) is 0 Å². The van der Waals surface area contributed by atoms with Gasteiger partial charge in [-0.2, -0.15) is 0 Å². The molecule has 12 heavy (non-hydrogen) atoms. The summed E-state index contributed by atoms with van der Waals surface area (Å²) in [5.41, 5.74) is -0.930. The largest absolute Gasteiger partial charge is 0.382 e. The highest BCUT2D eigenvalue weighted by Gasteiger charge is 2.21. The summed E-state index contributed by atoms with van der Waals surface area (Å²) in [5.74, 6) is 1.65. The smallest absolute Gasteiger partial charge is 0.161 e. The van der Waals surface area contributed by atoms with Crippen LogP contribution in [-0.4, -0.2) is 20.3 Å². The maximum absolute atomic E-state index is 9.55. The van der Waals surface area contributed by atoms with Crippen molar-refractivity contribution >= 4 is 0 Å². The van der Waals surface area contributed by atoms with Gasteiger partial charge >= 0.3 is 0 Å². The molecule has 1 aromatic rings. The number of aromatic amines is 1. The summed E-state index contributed by atoms with van der Waals surface area (Å²) in [5, 5.41) is 17.3. The molecular weight excluding hydrogens is 154 g/mol. The van der Waals surface area contributed by atoms with E-state index in [1.807, 2.05) is 13.8 Å². The number of rotatable bonds is 2. The minimum Gasteiger partial charge on any atom is -0.382 e. The average molecular weight is 169 g/mol. The monoisotopic (exact) mass is 169 g/mol. The van der Waals surface area contributed by atoms with Crippen molar-refractivity contribution < 1.29 is 5.11 Å². The molecule has 1 aromatic heterocycles. The molecule has 0 saturated heterocycles. The molecule has 0 bridgehead atoms. The van der Waals surface area contributed by atoms with Crippen LogP contribution in [0.3, 0.4) is 0 Å². The highest BCUT2D eigenvalue weighted by Crippen LogP contribution is 2.16. The first-order valence-electron chi connectivity index (χ1n) is 4.06. The molecule has 0 radical (unpaired) electrons. The van der Waals surface area contributed by atoms with E-state index in [9.17, 15) is 5.11 Å². The zero-order chi connectivity index (χ0) is 9.35. The van der Waals surface area contributed by atoms with Crippen molar-refractivity contribution in [2.45, 2.75) is 39.2 Å². The molecule has 0 aliphatic heterocycles. The molecule has 1 heterocycles. The fourth-order valence-electron chi connectivity index (χ4n) is 0.810. The van der Waals surface area contributed by atoms with E-state index in [0.717, 1.165) is 5.82 Å². The van der Waals surface area contributed by atoms with Crippen LogP contribution in [0.25, 0.3) is 0 Å². The first-order chi connectivity index (χ1) is 5.41. The fraction of sp³-hybridized carbons (Fsp3) is 0.750. The highest BCUT2D eigenvalue weighted by atomic mass is 16.3. The van der Waals surface area contributed by atoms with E-state index in [2.05, 4.69) is 15.2 Å². The van der Waals surface area contributed by atoms with Crippen molar-refractivity contribution in [1.29, 1.82) is 0 Å². The van der Waals surface area contributed by atoms with E-state index >= 15 is 0 Å². The Hall–Kier alpha value is -0.900. The Morgan fingerprint density at radius 3 is 2.17 bits per heavy atom. The van der Waals surface area contributed by atoms with Crippen molar-refractivity contribution in [3.8, 4) is 0 Å². The number of aromatic nitrogens is 3. The molecule has 4 nitrogen and oxygen atoms in total. The lowest BCUT2D eigenvalue weighted by molar-refractivity contribution is 0.0690. The van der Waals surface area contributed by atoms with Gasteiger partial charge in [0, 0.05) is 5.92 Å². The van der Waals surface area contributed by atoms with Gasteiger partial charge in [0.2, 0.25) is 0 Å². The second kappa shape index (κ2) is 2.86. The van der Waals surface area contributed by atoms with E-state index in [-0.39, 0.29) is 0 Å². The topological polar surface area (TPSA) is 61.8 Å². The van der Waals surface area contributed by atoms with Gasteiger partial charge in [-0.15, -0.1) is 10.2 Å². The van der Waals surface area contributed by atoms with Gasteiger partial charge in [0.05, 0.1) is 0 Å². The molecule has 4 heteroatoms. The Kier molecular flexibility index (Phi) is 2.19. The van der Waals surface area contributed by atoms with Crippen LogP contribution in [0.1, 0.15) is 45.3 Å². The molecule has 0 amide bonds. The second-order valence-electron chi connectivity index (χ2n) is 3.77. The van der Waals surface area contributed by atoms with Crippen LogP contribution in [0.4, 0.5) is 0 Å². The molecule has 2 N–H and O–H groups in total. The molecule has 0 saturated carbocycles. The lowest BCUT2D eigenvalue weighted by Gasteiger charge is -2.11. The summed E-state index contributed by atoms with van der Waals surface area (Å²) in [7, 11) is 0. The quantitative estimate of drug-likeness (QED) is 0.698. The van der Waals surface area contributed by atoms with Crippen LogP contribution in [0.5, 0.6) is 0 Å². The minimum absolute atomic E-state index is 0.314. The van der Waals surface area contributed by atoms with Gasteiger partial charge < -0.3 is 10.1 Å². The molecule has 1 rings (SSSR count). The van der Waals surface area contributed by atoms with E-state index < -0.39 is 5.60 Å². The molecule has 68 valence electrons. The lowest BCUT2D eigenvalue weighted by atomic mass is 10.1. The number of hydrogen-bond acceptors (Lipinski definition) is 3. The summed E-state index contributed by atoms with van der Waals surface area (Å²) < 4.78 is 0. The third-order valence-corrected chi connectivity index (χ3v) is 1.63. The van der Waals surface area contributed by atoms with Gasteiger partial charge in [-0.1, -0.05) is 13.8 Å². The standard InChI is InChI=1S/C8H15N3O/c1-5(2)6-9-7(11-10-6)8(3,4)12/h5,12H,1-4H3,(H,9,10,11). The van der Waals surface area contributed by atoms with Crippen molar-refractivity contribution in [2.24, 2.45) is 0 Å². The van der Waals surface area contributed by atoms with Crippen molar-refractivity contribution in [3.05, 3.63) is 11.6 Å². The first-order valence-corrected chi connectivity index (χ1v) is 4.06. The van der Waals surface area contributed by atoms with Crippen molar-refractivity contribution in [2.75, 3.05) is 0 Å². The van der Waals surface area contributed by atoms with Crippen LogP contribution in [-0.2, 0) is 5.60 Å². The maximum atomic E-state index is 9.55. The number of H-pyrrole nitrogens is 1. The van der Waals surface area contributed by atoms with Gasteiger partial charge in [-0.05, 0) is 13.8 Å². The summed E-state index contributed by atoms with van der Waals surface area (Å²) in [6.45, 7) is 7.40. The fourth-order valence-corrected chi connectivity index (χ4v) is 0.810. The van der Waals surface area contributed by atoms with Crippen molar-refractivity contribution in [1.82, 2.24) is 15.2 Å². The molecule has 0 aromatic carbocycles. The van der Waals surface area contributed by atoms with Crippen LogP contribution in [0.15, 0.2) is 0 Å². The summed E-state index contributed by atoms with van der Waals surface area (Å²) >= 11 is 0. The number of nitrogens with one attached hydrogen (secondary N) is 1. The highest BCUT2D eigenvalue weighted by molar-refractivity contribution is 5.00. The predicted molar refractivity (Wildman–Crippen MR) is 45.7 cm³/mol. The molecule has 0 aliphatic rings. The Balaban J connectivity index is 2.92. The normalized spacial score (nSPS) is 12.5.